The van der Waals surface area contributed by atoms with Gasteiger partial charge in [0.15, 0.2) is 0 Å². The van der Waals surface area contributed by atoms with Gasteiger partial charge in [-0.25, -0.2) is 0 Å². The minimum absolute atomic E-state index is 0.252. The predicted molar refractivity (Wildman–Crippen MR) is 56.3 cm³/mol. The Hall–Kier alpha value is -0.790. The zero-order valence-corrected chi connectivity index (χ0v) is 8.81. The fourth-order valence-electron chi connectivity index (χ4n) is 1.27. The summed E-state index contributed by atoms with van der Waals surface area (Å²) in [6, 6.07) is 0. The molecule has 0 atom stereocenters. The maximum Gasteiger partial charge on any atom is 0.244 e. The van der Waals surface area contributed by atoms with Gasteiger partial charge in [-0.15, -0.1) is 0 Å². The molecule has 0 heterocycles. The van der Waals surface area contributed by atoms with Crippen molar-refractivity contribution < 1.29 is 4.79 Å². The summed E-state index contributed by atoms with van der Waals surface area (Å²) < 4.78 is 0. The van der Waals surface area contributed by atoms with Crippen molar-refractivity contribution in [2.75, 3.05) is 0 Å². The molecule has 1 amide bonds. The van der Waals surface area contributed by atoms with E-state index in [1.165, 1.54) is 12.8 Å². The molecular weight excluding hydrogens is 162 g/mol. The summed E-state index contributed by atoms with van der Waals surface area (Å²) in [5.41, 5.74) is 6.03. The van der Waals surface area contributed by atoms with Gasteiger partial charge >= 0.3 is 0 Å². The summed E-state index contributed by atoms with van der Waals surface area (Å²) in [6.07, 6.45) is 8.41. The SMILES string of the molecule is CCCCCC=C(CCC)C(N)=O. The van der Waals surface area contributed by atoms with Gasteiger partial charge < -0.3 is 5.73 Å². The Balaban J connectivity index is 3.82. The molecule has 0 aliphatic carbocycles. The molecule has 0 aromatic heterocycles. The molecule has 2 heteroatoms. The Morgan fingerprint density at radius 1 is 1.23 bits per heavy atom. The third kappa shape index (κ3) is 6.38. The smallest absolute Gasteiger partial charge is 0.244 e. The zero-order chi connectivity index (χ0) is 10.1. The lowest BCUT2D eigenvalue weighted by Gasteiger charge is -2.00. The second-order valence-corrected chi connectivity index (χ2v) is 3.34. The van der Waals surface area contributed by atoms with E-state index in [0.717, 1.165) is 31.3 Å². The molecule has 0 spiro atoms. The fourth-order valence-corrected chi connectivity index (χ4v) is 1.27. The van der Waals surface area contributed by atoms with Crippen molar-refractivity contribution in [3.63, 3.8) is 0 Å². The number of hydrogen-bond acceptors (Lipinski definition) is 1. The Bertz CT molecular complexity index is 173. The zero-order valence-electron chi connectivity index (χ0n) is 8.81. The van der Waals surface area contributed by atoms with Crippen molar-refractivity contribution >= 4 is 5.91 Å². The summed E-state index contributed by atoms with van der Waals surface area (Å²) in [4.78, 5) is 10.9. The molecule has 0 bridgehead atoms. The monoisotopic (exact) mass is 183 g/mol. The largest absolute Gasteiger partial charge is 0.366 e. The van der Waals surface area contributed by atoms with Crippen LogP contribution in [0, 0.1) is 0 Å². The summed E-state index contributed by atoms with van der Waals surface area (Å²) >= 11 is 0. The van der Waals surface area contributed by atoms with Crippen molar-refractivity contribution in [3.8, 4) is 0 Å². The number of primary amides is 1. The van der Waals surface area contributed by atoms with Crippen LogP contribution in [0.3, 0.4) is 0 Å². The first kappa shape index (κ1) is 12.2. The molecule has 2 nitrogen and oxygen atoms in total. The highest BCUT2D eigenvalue weighted by molar-refractivity contribution is 5.91. The lowest BCUT2D eigenvalue weighted by molar-refractivity contribution is -0.114. The second kappa shape index (κ2) is 7.84. The van der Waals surface area contributed by atoms with Gasteiger partial charge in [0.1, 0.15) is 0 Å². The number of allylic oxidation sites excluding steroid dienone is 1. The molecule has 13 heavy (non-hydrogen) atoms. The second-order valence-electron chi connectivity index (χ2n) is 3.34. The molecule has 0 saturated heterocycles. The fraction of sp³-hybridized carbons (Fsp3) is 0.727. The first-order valence-electron chi connectivity index (χ1n) is 5.21. The molecule has 76 valence electrons. The maximum absolute atomic E-state index is 10.9. The molecular formula is C11H21NO. The normalized spacial score (nSPS) is 11.7. The van der Waals surface area contributed by atoms with Crippen LogP contribution in [-0.4, -0.2) is 5.91 Å². The molecule has 0 rings (SSSR count). The number of rotatable bonds is 7. The van der Waals surface area contributed by atoms with Crippen molar-refractivity contribution in [1.29, 1.82) is 0 Å². The lowest BCUT2D eigenvalue weighted by Crippen LogP contribution is -2.13. The van der Waals surface area contributed by atoms with E-state index in [1.807, 2.05) is 6.08 Å². The van der Waals surface area contributed by atoms with Gasteiger partial charge in [-0.1, -0.05) is 39.2 Å². The Morgan fingerprint density at radius 2 is 1.92 bits per heavy atom. The lowest BCUT2D eigenvalue weighted by atomic mass is 10.1. The Labute approximate surface area is 81.2 Å². The molecule has 2 N–H and O–H groups in total. The predicted octanol–water partition coefficient (Wildman–Crippen LogP) is 2.78. The maximum atomic E-state index is 10.9. The average molecular weight is 183 g/mol. The third-order valence-corrected chi connectivity index (χ3v) is 2.03. The first-order chi connectivity index (χ1) is 6.22. The molecule has 0 fully saturated rings. The highest BCUT2D eigenvalue weighted by Gasteiger charge is 2.01. The molecule has 0 aliphatic heterocycles. The topological polar surface area (TPSA) is 43.1 Å². The van der Waals surface area contributed by atoms with Gasteiger partial charge in [-0.3, -0.25) is 4.79 Å². The summed E-state index contributed by atoms with van der Waals surface area (Å²) in [6.45, 7) is 4.23. The molecule has 0 aromatic carbocycles. The Morgan fingerprint density at radius 3 is 2.38 bits per heavy atom. The Kier molecular flexibility index (Phi) is 7.36. The van der Waals surface area contributed by atoms with E-state index in [1.54, 1.807) is 0 Å². The minimum Gasteiger partial charge on any atom is -0.366 e. The van der Waals surface area contributed by atoms with Crippen LogP contribution in [0.25, 0.3) is 0 Å². The van der Waals surface area contributed by atoms with Gasteiger partial charge in [0.2, 0.25) is 5.91 Å². The van der Waals surface area contributed by atoms with Crippen LogP contribution in [0.1, 0.15) is 52.4 Å². The van der Waals surface area contributed by atoms with Gasteiger partial charge in [-0.2, -0.15) is 0 Å². The van der Waals surface area contributed by atoms with E-state index in [-0.39, 0.29) is 5.91 Å². The minimum atomic E-state index is -0.252. The standard InChI is InChI=1S/C11H21NO/c1-3-5-6-7-9-10(8-4-2)11(12)13/h9H,3-8H2,1-2H3,(H2,12,13). The van der Waals surface area contributed by atoms with Crippen LogP contribution in [0.15, 0.2) is 11.6 Å². The molecule has 0 saturated carbocycles. The van der Waals surface area contributed by atoms with Crippen LogP contribution < -0.4 is 5.73 Å². The van der Waals surface area contributed by atoms with E-state index < -0.39 is 0 Å². The van der Waals surface area contributed by atoms with Gasteiger partial charge in [-0.05, 0) is 19.3 Å². The molecule has 0 unspecified atom stereocenters. The summed E-state index contributed by atoms with van der Waals surface area (Å²) in [7, 11) is 0. The molecule has 0 aromatic rings. The quantitative estimate of drug-likeness (QED) is 0.478. The van der Waals surface area contributed by atoms with Crippen LogP contribution in [-0.2, 0) is 4.79 Å². The number of hydrogen-bond donors (Lipinski definition) is 1. The van der Waals surface area contributed by atoms with Gasteiger partial charge in [0, 0.05) is 5.57 Å². The number of nitrogens with two attached hydrogens (primary N) is 1. The number of amides is 1. The summed E-state index contributed by atoms with van der Waals surface area (Å²) in [5, 5.41) is 0. The highest BCUT2D eigenvalue weighted by Crippen LogP contribution is 2.08. The van der Waals surface area contributed by atoms with E-state index in [4.69, 9.17) is 5.73 Å². The van der Waals surface area contributed by atoms with Gasteiger partial charge in [0.25, 0.3) is 0 Å². The van der Waals surface area contributed by atoms with Crippen LogP contribution in [0.2, 0.25) is 0 Å². The van der Waals surface area contributed by atoms with Crippen LogP contribution in [0.4, 0.5) is 0 Å². The van der Waals surface area contributed by atoms with E-state index >= 15 is 0 Å². The van der Waals surface area contributed by atoms with Crippen molar-refractivity contribution in [3.05, 3.63) is 11.6 Å². The molecule has 0 aliphatic rings. The summed E-state index contributed by atoms with van der Waals surface area (Å²) in [5.74, 6) is -0.252. The van der Waals surface area contributed by atoms with E-state index in [2.05, 4.69) is 13.8 Å². The van der Waals surface area contributed by atoms with Crippen molar-refractivity contribution in [1.82, 2.24) is 0 Å². The van der Waals surface area contributed by atoms with Crippen LogP contribution in [0.5, 0.6) is 0 Å². The van der Waals surface area contributed by atoms with Crippen molar-refractivity contribution in [2.45, 2.75) is 52.4 Å². The molecule has 0 radical (unpaired) electrons. The van der Waals surface area contributed by atoms with E-state index in [0.29, 0.717) is 0 Å². The van der Waals surface area contributed by atoms with Gasteiger partial charge in [0.05, 0.1) is 0 Å². The average Bonchev–Trinajstić information content (AvgIpc) is 2.10. The number of unbranched alkanes of at least 4 members (excludes halogenated alkanes) is 3. The first-order valence-corrected chi connectivity index (χ1v) is 5.21. The number of carbonyl (C=O) groups is 1. The van der Waals surface area contributed by atoms with Crippen LogP contribution >= 0.6 is 0 Å². The van der Waals surface area contributed by atoms with Crippen molar-refractivity contribution in [2.24, 2.45) is 5.73 Å². The number of carbonyl (C=O) groups excluding carboxylic acids is 1. The van der Waals surface area contributed by atoms with E-state index in [9.17, 15) is 4.79 Å². The highest BCUT2D eigenvalue weighted by atomic mass is 16.1. The third-order valence-electron chi connectivity index (χ3n) is 2.03.